The van der Waals surface area contributed by atoms with Crippen LogP contribution in [0.3, 0.4) is 0 Å². The van der Waals surface area contributed by atoms with E-state index in [0.717, 1.165) is 29.7 Å². The van der Waals surface area contributed by atoms with E-state index in [1.54, 1.807) is 6.20 Å². The van der Waals surface area contributed by atoms with Gasteiger partial charge in [-0.05, 0) is 18.1 Å². The van der Waals surface area contributed by atoms with Gasteiger partial charge in [0.05, 0.1) is 11.3 Å². The Kier molecular flexibility index (Phi) is 3.52. The van der Waals surface area contributed by atoms with Crippen LogP contribution in [-0.2, 0) is 6.42 Å². The van der Waals surface area contributed by atoms with Gasteiger partial charge in [0.15, 0.2) is 0 Å². The van der Waals surface area contributed by atoms with Crippen molar-refractivity contribution in [2.24, 2.45) is 0 Å². The summed E-state index contributed by atoms with van der Waals surface area (Å²) in [5.41, 5.74) is 3.66. The average Bonchev–Trinajstić information content (AvgIpc) is 2.40. The highest BCUT2D eigenvalue weighted by Gasteiger charge is 2.09. The van der Waals surface area contributed by atoms with Crippen LogP contribution < -0.4 is 0 Å². The smallest absolute Gasteiger partial charge is 0.102 e. The molecule has 0 saturated heterocycles. The van der Waals surface area contributed by atoms with Gasteiger partial charge in [-0.1, -0.05) is 43.7 Å². The molecule has 1 heterocycles. The molecule has 1 aromatic carbocycles. The summed E-state index contributed by atoms with van der Waals surface area (Å²) in [6.07, 6.45) is 3.64. The lowest BCUT2D eigenvalue weighted by atomic mass is 9.98. The van der Waals surface area contributed by atoms with Crippen molar-refractivity contribution >= 4 is 0 Å². The van der Waals surface area contributed by atoms with Gasteiger partial charge in [-0.25, -0.2) is 0 Å². The second-order valence-electron chi connectivity index (χ2n) is 3.91. The summed E-state index contributed by atoms with van der Waals surface area (Å²) in [5.74, 6) is 0. The molecular formula is C15H14N2. The third-order valence-corrected chi connectivity index (χ3v) is 2.71. The zero-order chi connectivity index (χ0) is 12.1. The Hall–Kier alpha value is -2.14. The van der Waals surface area contributed by atoms with Crippen LogP contribution in [0.2, 0.25) is 0 Å². The van der Waals surface area contributed by atoms with Gasteiger partial charge in [0.25, 0.3) is 0 Å². The molecule has 2 nitrogen and oxygen atoms in total. The van der Waals surface area contributed by atoms with E-state index in [0.29, 0.717) is 5.56 Å². The molecule has 0 aliphatic rings. The lowest BCUT2D eigenvalue weighted by Gasteiger charge is -2.07. The van der Waals surface area contributed by atoms with E-state index >= 15 is 0 Å². The van der Waals surface area contributed by atoms with E-state index in [9.17, 15) is 5.26 Å². The Morgan fingerprint density at radius 2 is 1.94 bits per heavy atom. The van der Waals surface area contributed by atoms with E-state index in [1.807, 2.05) is 36.4 Å². The molecule has 0 fully saturated rings. The summed E-state index contributed by atoms with van der Waals surface area (Å²) in [7, 11) is 0. The molecule has 2 rings (SSSR count). The molecule has 0 unspecified atom stereocenters. The zero-order valence-corrected chi connectivity index (χ0v) is 9.85. The third-order valence-electron chi connectivity index (χ3n) is 2.71. The average molecular weight is 222 g/mol. The van der Waals surface area contributed by atoms with Gasteiger partial charge in [-0.2, -0.15) is 5.26 Å². The van der Waals surface area contributed by atoms with Gasteiger partial charge >= 0.3 is 0 Å². The van der Waals surface area contributed by atoms with Gasteiger partial charge in [-0.3, -0.25) is 4.98 Å². The number of aromatic nitrogens is 1. The molecule has 0 amide bonds. The van der Waals surface area contributed by atoms with E-state index in [-0.39, 0.29) is 0 Å². The summed E-state index contributed by atoms with van der Waals surface area (Å²) < 4.78 is 0. The van der Waals surface area contributed by atoms with Crippen molar-refractivity contribution in [2.45, 2.75) is 19.8 Å². The van der Waals surface area contributed by atoms with E-state index in [1.165, 1.54) is 0 Å². The molecule has 2 aromatic rings. The molecular weight excluding hydrogens is 208 g/mol. The highest BCUT2D eigenvalue weighted by molar-refractivity contribution is 5.71. The normalized spacial score (nSPS) is 9.88. The fourth-order valence-electron chi connectivity index (χ4n) is 1.91. The van der Waals surface area contributed by atoms with Crippen LogP contribution >= 0.6 is 0 Å². The van der Waals surface area contributed by atoms with Crippen molar-refractivity contribution in [2.75, 3.05) is 0 Å². The van der Waals surface area contributed by atoms with Gasteiger partial charge < -0.3 is 0 Å². The lowest BCUT2D eigenvalue weighted by molar-refractivity contribution is 0.879. The van der Waals surface area contributed by atoms with Crippen molar-refractivity contribution in [1.29, 1.82) is 5.26 Å². The number of hydrogen-bond donors (Lipinski definition) is 0. The molecule has 0 saturated carbocycles. The van der Waals surface area contributed by atoms with Crippen molar-refractivity contribution in [3.63, 3.8) is 0 Å². The largest absolute Gasteiger partial charge is 0.260 e. The number of pyridine rings is 1. The van der Waals surface area contributed by atoms with Crippen LogP contribution in [0.1, 0.15) is 24.6 Å². The SMILES string of the molecule is CCCc1nccc(-c2ccccc2)c1C#N. The van der Waals surface area contributed by atoms with Crippen LogP contribution in [0.4, 0.5) is 0 Å². The van der Waals surface area contributed by atoms with Gasteiger partial charge in [-0.15, -0.1) is 0 Å². The van der Waals surface area contributed by atoms with Crippen molar-refractivity contribution < 1.29 is 0 Å². The lowest BCUT2D eigenvalue weighted by Crippen LogP contribution is -1.96. The van der Waals surface area contributed by atoms with Gasteiger partial charge in [0.1, 0.15) is 6.07 Å². The van der Waals surface area contributed by atoms with Crippen LogP contribution in [-0.4, -0.2) is 4.98 Å². The fourth-order valence-corrected chi connectivity index (χ4v) is 1.91. The number of rotatable bonds is 3. The van der Waals surface area contributed by atoms with Crippen LogP contribution in [0.15, 0.2) is 42.6 Å². The maximum atomic E-state index is 9.30. The van der Waals surface area contributed by atoms with E-state index in [2.05, 4.69) is 18.0 Å². The van der Waals surface area contributed by atoms with Crippen LogP contribution in [0.25, 0.3) is 11.1 Å². The number of hydrogen-bond acceptors (Lipinski definition) is 2. The fraction of sp³-hybridized carbons (Fsp3) is 0.200. The Bertz CT molecular complexity index is 539. The summed E-state index contributed by atoms with van der Waals surface area (Å²) >= 11 is 0. The van der Waals surface area contributed by atoms with Crippen LogP contribution in [0, 0.1) is 11.3 Å². The molecule has 2 heteroatoms. The Balaban J connectivity index is 2.56. The minimum atomic E-state index is 0.709. The van der Waals surface area contributed by atoms with Crippen molar-refractivity contribution in [3.05, 3.63) is 53.9 Å². The first kappa shape index (κ1) is 11.3. The van der Waals surface area contributed by atoms with Crippen LogP contribution in [0.5, 0.6) is 0 Å². The molecule has 0 radical (unpaired) electrons. The van der Waals surface area contributed by atoms with Crippen molar-refractivity contribution in [3.8, 4) is 17.2 Å². The minimum Gasteiger partial charge on any atom is -0.260 e. The van der Waals surface area contributed by atoms with E-state index in [4.69, 9.17) is 0 Å². The number of nitrogens with zero attached hydrogens (tertiary/aromatic N) is 2. The molecule has 0 aliphatic carbocycles. The summed E-state index contributed by atoms with van der Waals surface area (Å²) in [6.45, 7) is 2.10. The first-order valence-corrected chi connectivity index (χ1v) is 5.80. The quantitative estimate of drug-likeness (QED) is 0.796. The second kappa shape index (κ2) is 5.27. The molecule has 84 valence electrons. The highest BCUT2D eigenvalue weighted by Crippen LogP contribution is 2.24. The first-order valence-electron chi connectivity index (χ1n) is 5.80. The molecule has 0 spiro atoms. The molecule has 1 aromatic heterocycles. The summed E-state index contributed by atoms with van der Waals surface area (Å²) in [5, 5.41) is 9.30. The Morgan fingerprint density at radius 3 is 2.59 bits per heavy atom. The standard InChI is InChI=1S/C15H14N2/c1-2-6-15-14(11-16)13(9-10-17-15)12-7-4-3-5-8-12/h3-5,7-10H,2,6H2,1H3. The Labute approximate surface area is 102 Å². The third kappa shape index (κ3) is 2.34. The predicted octanol–water partition coefficient (Wildman–Crippen LogP) is 3.57. The zero-order valence-electron chi connectivity index (χ0n) is 9.85. The topological polar surface area (TPSA) is 36.7 Å². The van der Waals surface area contributed by atoms with Gasteiger partial charge in [0, 0.05) is 11.8 Å². The Morgan fingerprint density at radius 1 is 1.18 bits per heavy atom. The summed E-state index contributed by atoms with van der Waals surface area (Å²) in [4.78, 5) is 4.30. The molecule has 0 aliphatic heterocycles. The molecule has 0 N–H and O–H groups in total. The highest BCUT2D eigenvalue weighted by atomic mass is 14.7. The predicted molar refractivity (Wildman–Crippen MR) is 68.4 cm³/mol. The van der Waals surface area contributed by atoms with Gasteiger partial charge in [0.2, 0.25) is 0 Å². The number of benzene rings is 1. The maximum Gasteiger partial charge on any atom is 0.102 e. The molecule has 0 bridgehead atoms. The first-order chi connectivity index (χ1) is 8.36. The maximum absolute atomic E-state index is 9.30. The monoisotopic (exact) mass is 222 g/mol. The van der Waals surface area contributed by atoms with E-state index < -0.39 is 0 Å². The number of aryl methyl sites for hydroxylation is 1. The second-order valence-corrected chi connectivity index (χ2v) is 3.91. The molecule has 0 atom stereocenters. The molecule has 17 heavy (non-hydrogen) atoms. The van der Waals surface area contributed by atoms with Crippen molar-refractivity contribution in [1.82, 2.24) is 4.98 Å². The summed E-state index contributed by atoms with van der Waals surface area (Å²) in [6, 6.07) is 14.2. The minimum absolute atomic E-state index is 0.709. The number of nitriles is 1.